The van der Waals surface area contributed by atoms with Gasteiger partial charge in [-0.3, -0.25) is 19.8 Å². The van der Waals surface area contributed by atoms with Crippen LogP contribution in [0.25, 0.3) is 16.8 Å². The minimum absolute atomic E-state index is 0. The highest BCUT2D eigenvalue weighted by atomic mass is 32.1. The smallest absolute Gasteiger partial charge is 0.255 e. The number of nitrogens with two attached hydrogens (primary N) is 1. The molecule has 0 unspecified atom stereocenters. The Morgan fingerprint density at radius 3 is 2.25 bits per heavy atom. The molecule has 0 radical (unpaired) electrons. The van der Waals surface area contributed by atoms with Crippen molar-refractivity contribution in [1.29, 1.82) is 0 Å². The Hall–Kier alpha value is -3.49. The van der Waals surface area contributed by atoms with Crippen LogP contribution in [0.3, 0.4) is 0 Å². The molecule has 2 aromatic rings. The molecule has 0 bridgehead atoms. The number of aromatic amines is 1. The number of rotatable bonds is 13. The molecule has 4 aliphatic rings. The summed E-state index contributed by atoms with van der Waals surface area (Å²) in [6.07, 6.45) is 25.3. The Bertz CT molecular complexity index is 1430. The number of H-pyrrole nitrogens is 1. The van der Waals surface area contributed by atoms with Gasteiger partial charge in [-0.15, -0.1) is 6.58 Å². The largest absolute Gasteiger partial charge is 0.496 e. The van der Waals surface area contributed by atoms with Crippen molar-refractivity contribution in [2.75, 3.05) is 20.2 Å². The zero-order chi connectivity index (χ0) is 35.6. The summed E-state index contributed by atoms with van der Waals surface area (Å²) in [5.74, 6) is 0.0106. The number of nitrogens with one attached hydrogen (secondary N) is 3. The molecule has 4 fully saturated rings. The van der Waals surface area contributed by atoms with E-state index in [1.165, 1.54) is 51.4 Å². The summed E-state index contributed by atoms with van der Waals surface area (Å²) in [5.41, 5.74) is 8.75. The second-order valence-corrected chi connectivity index (χ2v) is 14.0. The maximum Gasteiger partial charge on any atom is 0.255 e. The quantitative estimate of drug-likeness (QED) is 0.115. The van der Waals surface area contributed by atoms with Crippen molar-refractivity contribution in [3.8, 4) is 5.75 Å². The molecule has 2 amide bonds. The molecule has 6 rings (SSSR count). The van der Waals surface area contributed by atoms with E-state index in [-0.39, 0.29) is 34.4 Å². The number of hydrogen-bond acceptors (Lipinski definition) is 8. The molecule has 12 nitrogen and oxygen atoms in total. The van der Waals surface area contributed by atoms with Crippen molar-refractivity contribution in [3.05, 3.63) is 59.0 Å². The topological polar surface area (TPSA) is 210 Å². The fourth-order valence-corrected chi connectivity index (χ4v) is 6.41. The third-order valence-corrected chi connectivity index (χ3v) is 9.99. The molecule has 286 valence electrons. The molecule has 1 aliphatic heterocycles. The van der Waals surface area contributed by atoms with E-state index in [1.807, 2.05) is 36.1 Å². The van der Waals surface area contributed by atoms with Gasteiger partial charge < -0.3 is 36.5 Å². The molecule has 2 heterocycles. The number of amides is 2. The minimum atomic E-state index is -0.965. The monoisotopic (exact) mass is 731 g/mol. The number of thiol groups is 1. The summed E-state index contributed by atoms with van der Waals surface area (Å²) >= 11 is 4.08. The molecule has 3 atom stereocenters. The summed E-state index contributed by atoms with van der Waals surface area (Å²) in [5, 5.41) is 7.16. The van der Waals surface area contributed by atoms with Gasteiger partial charge >= 0.3 is 0 Å². The first-order chi connectivity index (χ1) is 23.8. The zero-order valence-electron chi connectivity index (χ0n) is 30.2. The van der Waals surface area contributed by atoms with Crippen LogP contribution in [0.15, 0.2) is 47.9 Å². The van der Waals surface area contributed by atoms with Crippen molar-refractivity contribution in [3.63, 3.8) is 0 Å². The van der Waals surface area contributed by atoms with Gasteiger partial charge in [0, 0.05) is 41.4 Å². The Morgan fingerprint density at radius 1 is 1.06 bits per heavy atom. The standard InChI is InChI=1S/C28H37N5O4.C6H12.C3H6S.CH2O.2H2O/c1-3-21-18-28(21,27(29)36)32-26(35)23-11-9-15-33(23)31-13-8-6-4-5-7-10-20-16-22-19(17-24(20)37-2)12-14-30-25(22)34;1-2-4-6-5-3-1;4-3-1-2-3;1-2;;/h3,7,10,12,14,16-17,21,23,31H,1,4-6,8-9,11,13,15,18H2,2H3,(H2,29,36)(H,30,34)(H,32,35);1-6H2;3-4H,1-2H2;1H2;2*1H2/b10-7+;;;;;/t21-,23+,28-;;;;;/m1...../s1. The van der Waals surface area contributed by atoms with Crippen LogP contribution in [-0.4, -0.2) is 76.6 Å². The van der Waals surface area contributed by atoms with Gasteiger partial charge in [0.1, 0.15) is 24.1 Å². The Labute approximate surface area is 308 Å². The van der Waals surface area contributed by atoms with Crippen molar-refractivity contribution in [2.45, 2.75) is 113 Å². The Kier molecular flexibility index (Phi) is 21.3. The number of unbranched alkanes of at least 4 members (excludes halogenated alkanes) is 3. The first-order valence-electron chi connectivity index (χ1n) is 17.9. The summed E-state index contributed by atoms with van der Waals surface area (Å²) in [4.78, 5) is 47.6. The van der Waals surface area contributed by atoms with E-state index in [1.54, 1.807) is 19.4 Å². The lowest BCUT2D eigenvalue weighted by atomic mass is 10.0. The van der Waals surface area contributed by atoms with E-state index in [4.69, 9.17) is 15.3 Å². The van der Waals surface area contributed by atoms with E-state index in [0.717, 1.165) is 73.6 Å². The number of hydrogen-bond donors (Lipinski definition) is 5. The van der Waals surface area contributed by atoms with Crippen LogP contribution in [0.4, 0.5) is 0 Å². The number of carbonyl (C=O) groups is 3. The summed E-state index contributed by atoms with van der Waals surface area (Å²) in [6, 6.07) is 5.31. The second-order valence-electron chi connectivity index (χ2n) is 13.2. The third kappa shape index (κ3) is 14.2. The van der Waals surface area contributed by atoms with Crippen LogP contribution in [0, 0.1) is 5.92 Å². The lowest BCUT2D eigenvalue weighted by Gasteiger charge is -2.26. The van der Waals surface area contributed by atoms with E-state index < -0.39 is 11.4 Å². The molecular formula is C38H61N5O7S. The lowest BCUT2D eigenvalue weighted by Crippen LogP contribution is -2.56. The molecule has 51 heavy (non-hydrogen) atoms. The number of fused-ring (bicyclic) bond motifs is 1. The number of hydrazine groups is 1. The van der Waals surface area contributed by atoms with Gasteiger partial charge in [0.25, 0.3) is 5.56 Å². The van der Waals surface area contributed by atoms with E-state index in [0.29, 0.717) is 11.8 Å². The molecule has 3 aliphatic carbocycles. The van der Waals surface area contributed by atoms with Gasteiger partial charge in [0.05, 0.1) is 7.11 Å². The molecule has 3 saturated carbocycles. The van der Waals surface area contributed by atoms with Crippen LogP contribution < -0.4 is 26.8 Å². The second kappa shape index (κ2) is 23.9. The van der Waals surface area contributed by atoms with Gasteiger partial charge in [0.2, 0.25) is 11.8 Å². The van der Waals surface area contributed by atoms with Crippen LogP contribution in [0.2, 0.25) is 0 Å². The highest BCUT2D eigenvalue weighted by Gasteiger charge is 2.59. The SMILES string of the molecule is C1CCCCC1.C=C[C@@H]1C[C@]1(NC(=O)[C@@H]1CCCN1NCCCCC/C=C/c1cc2c(=O)[nH]ccc2cc1OC)C(N)=O.C=O.O.O.SC1CC1. The Balaban J connectivity index is 0.000000789. The van der Waals surface area contributed by atoms with Gasteiger partial charge in [-0.2, -0.15) is 12.6 Å². The average molecular weight is 732 g/mol. The predicted molar refractivity (Wildman–Crippen MR) is 209 cm³/mol. The molecular weight excluding hydrogens is 671 g/mol. The van der Waals surface area contributed by atoms with Crippen LogP contribution in [0.5, 0.6) is 5.75 Å². The van der Waals surface area contributed by atoms with E-state index in [9.17, 15) is 14.4 Å². The maximum absolute atomic E-state index is 12.9. The number of pyridine rings is 1. The highest BCUT2D eigenvalue weighted by molar-refractivity contribution is 7.81. The van der Waals surface area contributed by atoms with E-state index in [2.05, 4.69) is 41.0 Å². The lowest BCUT2D eigenvalue weighted by molar-refractivity contribution is -0.132. The number of primary amides is 1. The van der Waals surface area contributed by atoms with Crippen LogP contribution in [0.1, 0.15) is 102 Å². The number of methoxy groups -OCH3 is 1. The number of ether oxygens (including phenoxy) is 1. The fraction of sp³-hybridized carbons (Fsp3) is 0.579. The highest BCUT2D eigenvalue weighted by Crippen LogP contribution is 2.44. The van der Waals surface area contributed by atoms with Gasteiger partial charge in [-0.25, -0.2) is 5.01 Å². The van der Waals surface area contributed by atoms with Crippen LogP contribution in [-0.2, 0) is 14.4 Å². The first kappa shape index (κ1) is 45.5. The number of nitrogens with zero attached hydrogens (tertiary/aromatic N) is 1. The normalized spacial score (nSPS) is 21.9. The fourth-order valence-electron chi connectivity index (χ4n) is 6.26. The number of carbonyl (C=O) groups excluding carboxylic acids is 3. The average Bonchev–Trinajstić information content (AvgIpc) is 4.02. The van der Waals surface area contributed by atoms with Gasteiger partial charge in [-0.1, -0.05) is 63.2 Å². The Morgan fingerprint density at radius 2 is 1.71 bits per heavy atom. The summed E-state index contributed by atoms with van der Waals surface area (Å²) in [7, 11) is 1.63. The molecule has 9 N–H and O–H groups in total. The van der Waals surface area contributed by atoms with Crippen molar-refractivity contribution in [1.82, 2.24) is 20.7 Å². The van der Waals surface area contributed by atoms with Crippen molar-refractivity contribution >= 4 is 48.1 Å². The summed E-state index contributed by atoms with van der Waals surface area (Å²) < 4.78 is 5.50. The molecule has 0 spiro atoms. The molecule has 13 heteroatoms. The number of benzene rings is 1. The molecule has 1 aromatic heterocycles. The minimum Gasteiger partial charge on any atom is -0.496 e. The third-order valence-electron chi connectivity index (χ3n) is 9.47. The predicted octanol–water partition coefficient (Wildman–Crippen LogP) is 4.21. The number of aromatic nitrogens is 1. The van der Waals surface area contributed by atoms with Gasteiger partial charge in [-0.05, 0) is 75.0 Å². The number of allylic oxidation sites excluding steroid dienone is 1. The first-order valence-corrected chi connectivity index (χ1v) is 18.4. The van der Waals surface area contributed by atoms with Gasteiger partial charge in [0.15, 0.2) is 0 Å². The van der Waals surface area contributed by atoms with Crippen LogP contribution >= 0.6 is 12.6 Å². The maximum atomic E-state index is 12.9. The zero-order valence-corrected chi connectivity index (χ0v) is 31.1. The molecule has 1 saturated heterocycles. The summed E-state index contributed by atoms with van der Waals surface area (Å²) in [6.45, 7) is 7.31. The molecule has 1 aromatic carbocycles. The van der Waals surface area contributed by atoms with Crippen molar-refractivity contribution in [2.24, 2.45) is 11.7 Å². The van der Waals surface area contributed by atoms with E-state index >= 15 is 0 Å². The van der Waals surface area contributed by atoms with Crippen molar-refractivity contribution < 1.29 is 30.1 Å².